The molecule has 0 radical (unpaired) electrons. The topological polar surface area (TPSA) is 54.8 Å². The van der Waals surface area contributed by atoms with Gasteiger partial charge in [-0.3, -0.25) is 0 Å². The third kappa shape index (κ3) is 2.03. The normalized spacial score (nSPS) is 19.2. The van der Waals surface area contributed by atoms with Gasteiger partial charge in [0.2, 0.25) is 0 Å². The standard InChI is InChI=1S/C13H15N5/c1-10-15-7-4-11(17-10)12-3-2-8-18(12)13-5-6-14-9-16-13/h4-7,9,12H,2-3,8H2,1H3. The Bertz CT molecular complexity index is 528. The van der Waals surface area contributed by atoms with Crippen LogP contribution >= 0.6 is 0 Å². The van der Waals surface area contributed by atoms with E-state index in [1.165, 1.54) is 0 Å². The number of anilines is 1. The monoisotopic (exact) mass is 241 g/mol. The number of aromatic nitrogens is 4. The summed E-state index contributed by atoms with van der Waals surface area (Å²) in [6.45, 7) is 2.94. The molecule has 1 aliphatic heterocycles. The number of hydrogen-bond donors (Lipinski definition) is 0. The summed E-state index contributed by atoms with van der Waals surface area (Å²) in [7, 11) is 0. The van der Waals surface area contributed by atoms with Crippen molar-refractivity contribution in [3.05, 3.63) is 42.4 Å². The van der Waals surface area contributed by atoms with Crippen LogP contribution in [0.2, 0.25) is 0 Å². The van der Waals surface area contributed by atoms with E-state index in [0.717, 1.165) is 36.7 Å². The van der Waals surface area contributed by atoms with E-state index in [4.69, 9.17) is 0 Å². The first-order chi connectivity index (χ1) is 8.84. The summed E-state index contributed by atoms with van der Waals surface area (Å²) in [6.07, 6.45) is 7.48. The second-order valence-corrected chi connectivity index (χ2v) is 4.45. The first kappa shape index (κ1) is 11.1. The van der Waals surface area contributed by atoms with Gasteiger partial charge in [0.15, 0.2) is 0 Å². The number of rotatable bonds is 2. The van der Waals surface area contributed by atoms with Crippen molar-refractivity contribution in [2.24, 2.45) is 0 Å². The van der Waals surface area contributed by atoms with Crippen LogP contribution in [0.5, 0.6) is 0 Å². The first-order valence-corrected chi connectivity index (χ1v) is 6.17. The van der Waals surface area contributed by atoms with Crippen molar-refractivity contribution in [1.82, 2.24) is 19.9 Å². The molecule has 1 unspecified atom stereocenters. The largest absolute Gasteiger partial charge is 0.348 e. The summed E-state index contributed by atoms with van der Waals surface area (Å²) in [4.78, 5) is 19.3. The van der Waals surface area contributed by atoms with Crippen LogP contribution in [0.15, 0.2) is 30.9 Å². The van der Waals surface area contributed by atoms with Gasteiger partial charge in [0.05, 0.1) is 11.7 Å². The van der Waals surface area contributed by atoms with Gasteiger partial charge in [0.25, 0.3) is 0 Å². The molecular weight excluding hydrogens is 226 g/mol. The van der Waals surface area contributed by atoms with E-state index in [2.05, 4.69) is 24.8 Å². The van der Waals surface area contributed by atoms with Crippen molar-refractivity contribution >= 4 is 5.82 Å². The Labute approximate surface area is 106 Å². The molecule has 0 amide bonds. The van der Waals surface area contributed by atoms with Crippen LogP contribution < -0.4 is 4.90 Å². The molecule has 0 bridgehead atoms. The van der Waals surface area contributed by atoms with Gasteiger partial charge in [-0.25, -0.2) is 19.9 Å². The Morgan fingerprint density at radius 3 is 2.94 bits per heavy atom. The van der Waals surface area contributed by atoms with E-state index in [0.29, 0.717) is 6.04 Å². The highest BCUT2D eigenvalue weighted by molar-refractivity contribution is 5.41. The molecule has 2 aromatic heterocycles. The van der Waals surface area contributed by atoms with Gasteiger partial charge in [0, 0.05) is 18.9 Å². The lowest BCUT2D eigenvalue weighted by Crippen LogP contribution is -2.24. The number of nitrogens with zero attached hydrogens (tertiary/aromatic N) is 5. The van der Waals surface area contributed by atoms with Crippen LogP contribution in [0.4, 0.5) is 5.82 Å². The molecule has 92 valence electrons. The van der Waals surface area contributed by atoms with Crippen LogP contribution in [0, 0.1) is 6.92 Å². The lowest BCUT2D eigenvalue weighted by Gasteiger charge is -2.25. The highest BCUT2D eigenvalue weighted by Crippen LogP contribution is 2.33. The summed E-state index contributed by atoms with van der Waals surface area (Å²) in [5.74, 6) is 1.80. The Hall–Kier alpha value is -2.04. The maximum Gasteiger partial charge on any atom is 0.132 e. The van der Waals surface area contributed by atoms with Crippen molar-refractivity contribution in [2.45, 2.75) is 25.8 Å². The van der Waals surface area contributed by atoms with E-state index < -0.39 is 0 Å². The fraction of sp³-hybridized carbons (Fsp3) is 0.385. The molecule has 0 N–H and O–H groups in total. The summed E-state index contributed by atoms with van der Waals surface area (Å²) >= 11 is 0. The zero-order chi connectivity index (χ0) is 12.4. The third-order valence-electron chi connectivity index (χ3n) is 3.25. The highest BCUT2D eigenvalue weighted by atomic mass is 15.2. The molecule has 0 spiro atoms. The van der Waals surface area contributed by atoms with Crippen molar-refractivity contribution in [3.8, 4) is 0 Å². The fourth-order valence-corrected chi connectivity index (χ4v) is 2.46. The minimum atomic E-state index is 0.307. The molecule has 1 aliphatic rings. The lowest BCUT2D eigenvalue weighted by atomic mass is 10.1. The van der Waals surface area contributed by atoms with E-state index in [-0.39, 0.29) is 0 Å². The Morgan fingerprint density at radius 2 is 2.17 bits per heavy atom. The van der Waals surface area contributed by atoms with Crippen molar-refractivity contribution < 1.29 is 0 Å². The molecule has 0 aromatic carbocycles. The van der Waals surface area contributed by atoms with Crippen LogP contribution in [-0.4, -0.2) is 26.5 Å². The quantitative estimate of drug-likeness (QED) is 0.804. The molecule has 3 heterocycles. The Kier molecular flexibility index (Phi) is 2.88. The van der Waals surface area contributed by atoms with Crippen LogP contribution in [0.3, 0.4) is 0 Å². The molecule has 5 heteroatoms. The highest BCUT2D eigenvalue weighted by Gasteiger charge is 2.28. The van der Waals surface area contributed by atoms with E-state index >= 15 is 0 Å². The van der Waals surface area contributed by atoms with Gasteiger partial charge in [-0.15, -0.1) is 0 Å². The second kappa shape index (κ2) is 4.68. The predicted molar refractivity (Wildman–Crippen MR) is 68.1 cm³/mol. The fourth-order valence-electron chi connectivity index (χ4n) is 2.46. The molecule has 1 fully saturated rings. The molecule has 1 atom stereocenters. The Morgan fingerprint density at radius 1 is 1.22 bits per heavy atom. The predicted octanol–water partition coefficient (Wildman–Crippen LogP) is 1.92. The SMILES string of the molecule is Cc1nccc(C2CCCN2c2ccncn2)n1. The third-order valence-corrected chi connectivity index (χ3v) is 3.25. The molecule has 0 aliphatic carbocycles. The average molecular weight is 241 g/mol. The van der Waals surface area contributed by atoms with E-state index in [1.807, 2.05) is 25.3 Å². The smallest absolute Gasteiger partial charge is 0.132 e. The van der Waals surface area contributed by atoms with Gasteiger partial charge in [-0.2, -0.15) is 0 Å². The van der Waals surface area contributed by atoms with Gasteiger partial charge < -0.3 is 4.90 Å². The minimum absolute atomic E-state index is 0.307. The second-order valence-electron chi connectivity index (χ2n) is 4.45. The minimum Gasteiger partial charge on any atom is -0.348 e. The van der Waals surface area contributed by atoms with E-state index in [9.17, 15) is 0 Å². The average Bonchev–Trinajstić information content (AvgIpc) is 2.89. The maximum absolute atomic E-state index is 4.53. The summed E-state index contributed by atoms with van der Waals surface area (Å²) in [6, 6.07) is 4.25. The molecule has 2 aromatic rings. The zero-order valence-electron chi connectivity index (χ0n) is 10.3. The summed E-state index contributed by atoms with van der Waals surface area (Å²) < 4.78 is 0. The van der Waals surface area contributed by atoms with Crippen LogP contribution in [-0.2, 0) is 0 Å². The molecular formula is C13H15N5. The molecule has 1 saturated heterocycles. The molecule has 0 saturated carbocycles. The number of hydrogen-bond acceptors (Lipinski definition) is 5. The van der Waals surface area contributed by atoms with Gasteiger partial charge >= 0.3 is 0 Å². The number of aryl methyl sites for hydroxylation is 1. The summed E-state index contributed by atoms with van der Waals surface area (Å²) in [5, 5.41) is 0. The van der Waals surface area contributed by atoms with Gasteiger partial charge in [-0.05, 0) is 31.9 Å². The summed E-state index contributed by atoms with van der Waals surface area (Å²) in [5.41, 5.74) is 1.08. The van der Waals surface area contributed by atoms with Crippen molar-refractivity contribution in [1.29, 1.82) is 0 Å². The Balaban J connectivity index is 1.92. The molecule has 18 heavy (non-hydrogen) atoms. The van der Waals surface area contributed by atoms with Gasteiger partial charge in [-0.1, -0.05) is 0 Å². The van der Waals surface area contributed by atoms with Crippen molar-refractivity contribution in [2.75, 3.05) is 11.4 Å². The maximum atomic E-state index is 4.53. The van der Waals surface area contributed by atoms with E-state index in [1.54, 1.807) is 12.5 Å². The van der Waals surface area contributed by atoms with Crippen LogP contribution in [0.25, 0.3) is 0 Å². The van der Waals surface area contributed by atoms with Crippen LogP contribution in [0.1, 0.15) is 30.4 Å². The lowest BCUT2D eigenvalue weighted by molar-refractivity contribution is 0.679. The van der Waals surface area contributed by atoms with Gasteiger partial charge in [0.1, 0.15) is 18.0 Å². The first-order valence-electron chi connectivity index (χ1n) is 6.17. The zero-order valence-corrected chi connectivity index (χ0v) is 10.3. The molecule has 5 nitrogen and oxygen atoms in total. The molecule has 3 rings (SSSR count). The van der Waals surface area contributed by atoms with Crippen molar-refractivity contribution in [3.63, 3.8) is 0 Å².